The van der Waals surface area contributed by atoms with Gasteiger partial charge < -0.3 is 0 Å². The first-order chi connectivity index (χ1) is 13.5. The van der Waals surface area contributed by atoms with Crippen LogP contribution >= 0.6 is 12.6 Å². The molecule has 0 unspecified atom stereocenters. The summed E-state index contributed by atoms with van der Waals surface area (Å²) in [6.07, 6.45) is 11.0. The average Bonchev–Trinajstić information content (AvgIpc) is 2.75. The lowest BCUT2D eigenvalue weighted by Gasteiger charge is -2.09. The maximum Gasteiger partial charge on any atom is -0.0111 e. The zero-order valence-corrected chi connectivity index (χ0v) is 18.9. The van der Waals surface area contributed by atoms with Crippen LogP contribution < -0.4 is 0 Å². The first kappa shape index (κ1) is 23.8. The Morgan fingerprint density at radius 2 is 1.71 bits per heavy atom. The van der Waals surface area contributed by atoms with Gasteiger partial charge in [0.1, 0.15) is 0 Å². The SMILES string of the molecule is C=Cc1ccccc1-c1cccc(/C(C)=C(/C)S)c1.CC.CC1=CCCC=C1. The van der Waals surface area contributed by atoms with Crippen LogP contribution in [0.2, 0.25) is 0 Å². The van der Waals surface area contributed by atoms with Crippen molar-refractivity contribution >= 4 is 24.3 Å². The lowest BCUT2D eigenvalue weighted by molar-refractivity contribution is 1.02. The first-order valence-electron chi connectivity index (χ1n) is 10.0. The maximum absolute atomic E-state index is 4.43. The highest BCUT2D eigenvalue weighted by molar-refractivity contribution is 7.84. The summed E-state index contributed by atoms with van der Waals surface area (Å²) in [4.78, 5) is 1.05. The van der Waals surface area contributed by atoms with Crippen molar-refractivity contribution in [2.45, 2.75) is 47.5 Å². The highest BCUT2D eigenvalue weighted by Gasteiger charge is 2.04. The molecule has 2 aromatic rings. The van der Waals surface area contributed by atoms with Crippen LogP contribution in [0.3, 0.4) is 0 Å². The highest BCUT2D eigenvalue weighted by Crippen LogP contribution is 2.28. The van der Waals surface area contributed by atoms with Gasteiger partial charge in [0.2, 0.25) is 0 Å². The Morgan fingerprint density at radius 1 is 1.00 bits per heavy atom. The standard InChI is InChI=1S/C18H18S.C7H10.C2H6/c1-4-15-8-5-6-11-18(15)17-10-7-9-16(12-17)13(2)14(3)19;1-7-5-3-2-4-6-7;1-2/h4-12,19H,1H2,2-3H3;3,5-6H,2,4H2,1H3;1-2H3/b14-13-;;. The minimum Gasteiger partial charge on any atom is -0.148 e. The molecule has 1 heteroatoms. The zero-order chi connectivity index (χ0) is 20.9. The fraction of sp³-hybridized carbons (Fsp3) is 0.259. The van der Waals surface area contributed by atoms with Gasteiger partial charge in [0.05, 0.1) is 0 Å². The molecule has 1 aliphatic rings. The minimum atomic E-state index is 1.05. The van der Waals surface area contributed by atoms with Gasteiger partial charge in [0.25, 0.3) is 0 Å². The summed E-state index contributed by atoms with van der Waals surface area (Å²) in [7, 11) is 0. The van der Waals surface area contributed by atoms with Gasteiger partial charge in [0.15, 0.2) is 0 Å². The highest BCUT2D eigenvalue weighted by atomic mass is 32.1. The van der Waals surface area contributed by atoms with Gasteiger partial charge in [-0.3, -0.25) is 0 Å². The summed E-state index contributed by atoms with van der Waals surface area (Å²) in [5.74, 6) is 0. The number of benzene rings is 2. The molecule has 28 heavy (non-hydrogen) atoms. The Morgan fingerprint density at radius 3 is 2.25 bits per heavy atom. The molecule has 0 bridgehead atoms. The molecule has 3 rings (SSSR count). The van der Waals surface area contributed by atoms with Gasteiger partial charge in [-0.05, 0) is 72.4 Å². The van der Waals surface area contributed by atoms with E-state index in [9.17, 15) is 0 Å². The van der Waals surface area contributed by atoms with E-state index in [1.807, 2.05) is 32.9 Å². The second-order valence-electron chi connectivity index (χ2n) is 6.51. The fourth-order valence-electron chi connectivity index (χ4n) is 2.81. The summed E-state index contributed by atoms with van der Waals surface area (Å²) in [6, 6.07) is 16.9. The van der Waals surface area contributed by atoms with E-state index < -0.39 is 0 Å². The predicted molar refractivity (Wildman–Crippen MR) is 133 cm³/mol. The van der Waals surface area contributed by atoms with Gasteiger partial charge in [0, 0.05) is 0 Å². The molecule has 1 aliphatic carbocycles. The molecule has 148 valence electrons. The second kappa shape index (κ2) is 13.0. The average molecular weight is 391 g/mol. The van der Waals surface area contributed by atoms with E-state index in [1.165, 1.54) is 40.7 Å². The third-order valence-corrected chi connectivity index (χ3v) is 4.85. The van der Waals surface area contributed by atoms with Crippen molar-refractivity contribution in [2.75, 3.05) is 0 Å². The Bertz CT molecular complexity index is 846. The summed E-state index contributed by atoms with van der Waals surface area (Å²) < 4.78 is 0. The number of hydrogen-bond acceptors (Lipinski definition) is 1. The van der Waals surface area contributed by atoms with E-state index in [2.05, 4.69) is 93.7 Å². The summed E-state index contributed by atoms with van der Waals surface area (Å²) in [6.45, 7) is 14.1. The molecule has 2 aromatic carbocycles. The molecule has 0 amide bonds. The van der Waals surface area contributed by atoms with Crippen molar-refractivity contribution in [2.24, 2.45) is 0 Å². The number of rotatable bonds is 3. The van der Waals surface area contributed by atoms with Gasteiger partial charge >= 0.3 is 0 Å². The van der Waals surface area contributed by atoms with Crippen LogP contribution in [0.5, 0.6) is 0 Å². The van der Waals surface area contributed by atoms with Crippen molar-refractivity contribution in [3.8, 4) is 11.1 Å². The maximum atomic E-state index is 4.43. The van der Waals surface area contributed by atoms with E-state index in [0.717, 1.165) is 10.5 Å². The van der Waals surface area contributed by atoms with Gasteiger partial charge in [-0.15, -0.1) is 12.6 Å². The summed E-state index contributed by atoms with van der Waals surface area (Å²) in [5, 5.41) is 0. The Balaban J connectivity index is 0.000000363. The predicted octanol–water partition coefficient (Wildman–Crippen LogP) is 8.99. The number of thiol groups is 1. The van der Waals surface area contributed by atoms with Crippen molar-refractivity contribution in [3.63, 3.8) is 0 Å². The van der Waals surface area contributed by atoms with Crippen LogP contribution in [0.15, 0.2) is 83.8 Å². The van der Waals surface area contributed by atoms with E-state index in [1.54, 1.807) is 0 Å². The minimum absolute atomic E-state index is 1.05. The number of allylic oxidation sites excluding steroid dienone is 6. The zero-order valence-electron chi connectivity index (χ0n) is 18.0. The Kier molecular flexibility index (Phi) is 11.1. The van der Waals surface area contributed by atoms with Crippen LogP contribution in [0.1, 0.15) is 58.6 Å². The molecule has 0 N–H and O–H groups in total. The second-order valence-corrected chi connectivity index (χ2v) is 7.18. The van der Waals surface area contributed by atoms with Crippen LogP contribution in [0.25, 0.3) is 22.8 Å². The monoisotopic (exact) mass is 390 g/mol. The molecule has 0 aliphatic heterocycles. The van der Waals surface area contributed by atoms with Crippen LogP contribution in [-0.2, 0) is 0 Å². The smallest absolute Gasteiger partial charge is 0.0111 e. The molecule has 0 spiro atoms. The Labute approximate surface area is 177 Å². The van der Waals surface area contributed by atoms with Crippen molar-refractivity contribution in [1.29, 1.82) is 0 Å². The molecule has 0 atom stereocenters. The van der Waals surface area contributed by atoms with Gasteiger partial charge in [-0.1, -0.05) is 92.8 Å². The third kappa shape index (κ3) is 7.40. The van der Waals surface area contributed by atoms with Crippen LogP contribution in [0.4, 0.5) is 0 Å². The fourth-order valence-corrected chi connectivity index (χ4v) is 2.94. The van der Waals surface area contributed by atoms with Crippen molar-refractivity contribution in [3.05, 3.63) is 94.9 Å². The molecular formula is C27H34S. The molecular weight excluding hydrogens is 356 g/mol. The largest absolute Gasteiger partial charge is 0.148 e. The van der Waals surface area contributed by atoms with Gasteiger partial charge in [-0.25, -0.2) is 0 Å². The van der Waals surface area contributed by atoms with Gasteiger partial charge in [-0.2, -0.15) is 0 Å². The molecule has 0 saturated heterocycles. The topological polar surface area (TPSA) is 0 Å². The van der Waals surface area contributed by atoms with Crippen LogP contribution in [-0.4, -0.2) is 0 Å². The van der Waals surface area contributed by atoms with E-state index in [-0.39, 0.29) is 0 Å². The van der Waals surface area contributed by atoms with E-state index in [4.69, 9.17) is 0 Å². The quantitative estimate of drug-likeness (QED) is 0.497. The normalized spacial score (nSPS) is 13.1. The summed E-state index contributed by atoms with van der Waals surface area (Å²) in [5.41, 5.74) is 7.41. The van der Waals surface area contributed by atoms with Crippen LogP contribution in [0, 0.1) is 0 Å². The molecule has 0 saturated carbocycles. The molecule has 0 fully saturated rings. The Hall–Kier alpha value is -2.25. The third-order valence-electron chi connectivity index (χ3n) is 4.51. The molecule has 0 aromatic heterocycles. The molecule has 0 heterocycles. The van der Waals surface area contributed by atoms with E-state index in [0.29, 0.717) is 0 Å². The summed E-state index contributed by atoms with van der Waals surface area (Å²) >= 11 is 4.43. The molecule has 0 nitrogen and oxygen atoms in total. The first-order valence-corrected chi connectivity index (χ1v) is 10.5. The van der Waals surface area contributed by atoms with E-state index >= 15 is 0 Å². The van der Waals surface area contributed by atoms with Crippen molar-refractivity contribution < 1.29 is 0 Å². The lowest BCUT2D eigenvalue weighted by atomic mass is 9.96. The van der Waals surface area contributed by atoms with Crippen molar-refractivity contribution in [1.82, 2.24) is 0 Å². The number of hydrogen-bond donors (Lipinski definition) is 1. The molecule has 0 radical (unpaired) electrons. The lowest BCUT2D eigenvalue weighted by Crippen LogP contribution is -1.86.